The maximum atomic E-state index is 11.8. The minimum absolute atomic E-state index is 0.499. The zero-order valence-electron chi connectivity index (χ0n) is 10.6. The molecule has 6 heteroatoms. The Kier molecular flexibility index (Phi) is 4.19. The van der Waals surface area contributed by atoms with Crippen molar-refractivity contribution in [3.8, 4) is 0 Å². The average molecular weight is 263 g/mol. The first-order chi connectivity index (χ1) is 7.70. The summed E-state index contributed by atoms with van der Waals surface area (Å²) >= 11 is 0. The number of rotatable bonds is 4. The van der Waals surface area contributed by atoms with Crippen LogP contribution in [0.3, 0.4) is 0 Å². The molecule has 5 nitrogen and oxygen atoms in total. The molecule has 2 atom stereocenters. The van der Waals surface area contributed by atoms with E-state index < -0.39 is 32.7 Å². The van der Waals surface area contributed by atoms with Crippen molar-refractivity contribution in [2.24, 2.45) is 5.41 Å². The van der Waals surface area contributed by atoms with E-state index in [1.54, 1.807) is 20.8 Å². The second-order valence-electron chi connectivity index (χ2n) is 5.23. The summed E-state index contributed by atoms with van der Waals surface area (Å²) in [6.45, 7) is 4.80. The van der Waals surface area contributed by atoms with E-state index >= 15 is 0 Å². The van der Waals surface area contributed by atoms with Crippen LogP contribution in [0.5, 0.6) is 0 Å². The van der Waals surface area contributed by atoms with Gasteiger partial charge < -0.3 is 5.11 Å². The van der Waals surface area contributed by atoms with Crippen LogP contribution in [-0.4, -0.2) is 30.8 Å². The molecule has 1 saturated carbocycles. The second-order valence-corrected chi connectivity index (χ2v) is 7.50. The molecule has 0 saturated heterocycles. The third kappa shape index (κ3) is 2.98. The summed E-state index contributed by atoms with van der Waals surface area (Å²) < 4.78 is 26.2. The van der Waals surface area contributed by atoms with Gasteiger partial charge in [0.15, 0.2) is 0 Å². The SMILES string of the molecule is CC(C)S(=O)(=O)NC1CCCCC1(C)C(=O)O. The molecule has 0 aromatic heterocycles. The molecule has 0 spiro atoms. The van der Waals surface area contributed by atoms with Crippen LogP contribution in [0, 0.1) is 5.41 Å². The topological polar surface area (TPSA) is 83.5 Å². The lowest BCUT2D eigenvalue weighted by molar-refractivity contribution is -0.151. The molecule has 2 unspecified atom stereocenters. The summed E-state index contributed by atoms with van der Waals surface area (Å²) in [7, 11) is -3.42. The standard InChI is InChI=1S/C11H21NO4S/c1-8(2)17(15,16)12-9-6-4-5-7-11(9,3)10(13)14/h8-9,12H,4-7H2,1-3H3,(H,13,14). The zero-order valence-corrected chi connectivity index (χ0v) is 11.4. The lowest BCUT2D eigenvalue weighted by atomic mass is 9.72. The van der Waals surface area contributed by atoms with Crippen molar-refractivity contribution >= 4 is 16.0 Å². The smallest absolute Gasteiger partial charge is 0.310 e. The highest BCUT2D eigenvalue weighted by atomic mass is 32.2. The van der Waals surface area contributed by atoms with E-state index in [1.807, 2.05) is 0 Å². The van der Waals surface area contributed by atoms with Gasteiger partial charge in [-0.3, -0.25) is 4.79 Å². The van der Waals surface area contributed by atoms with Crippen molar-refractivity contribution in [3.63, 3.8) is 0 Å². The van der Waals surface area contributed by atoms with Gasteiger partial charge >= 0.3 is 5.97 Å². The van der Waals surface area contributed by atoms with Crippen molar-refractivity contribution in [1.29, 1.82) is 0 Å². The molecule has 0 radical (unpaired) electrons. The van der Waals surface area contributed by atoms with Crippen LogP contribution in [-0.2, 0) is 14.8 Å². The summed E-state index contributed by atoms with van der Waals surface area (Å²) in [5, 5.41) is 8.73. The van der Waals surface area contributed by atoms with Crippen LogP contribution in [0.1, 0.15) is 46.5 Å². The molecule has 0 bridgehead atoms. The highest BCUT2D eigenvalue weighted by Gasteiger charge is 2.44. The van der Waals surface area contributed by atoms with Crippen LogP contribution >= 0.6 is 0 Å². The van der Waals surface area contributed by atoms with Gasteiger partial charge in [0.2, 0.25) is 10.0 Å². The molecule has 1 fully saturated rings. The van der Waals surface area contributed by atoms with Crippen LogP contribution in [0.4, 0.5) is 0 Å². The highest BCUT2D eigenvalue weighted by molar-refractivity contribution is 7.90. The number of nitrogens with one attached hydrogen (secondary N) is 1. The lowest BCUT2D eigenvalue weighted by Gasteiger charge is -2.38. The molecule has 0 aromatic carbocycles. The van der Waals surface area contributed by atoms with Crippen LogP contribution in [0.2, 0.25) is 0 Å². The third-order valence-corrected chi connectivity index (χ3v) is 5.48. The average Bonchev–Trinajstić information content (AvgIpc) is 2.20. The van der Waals surface area contributed by atoms with Gasteiger partial charge in [-0.05, 0) is 33.6 Å². The Morgan fingerprint density at radius 2 is 2.00 bits per heavy atom. The molecule has 0 aliphatic heterocycles. The molecule has 0 aromatic rings. The van der Waals surface area contributed by atoms with Crippen molar-refractivity contribution in [3.05, 3.63) is 0 Å². The number of hydrogen-bond acceptors (Lipinski definition) is 3. The Morgan fingerprint density at radius 3 is 2.47 bits per heavy atom. The Hall–Kier alpha value is -0.620. The summed E-state index contributed by atoms with van der Waals surface area (Å²) in [6, 6.07) is -0.499. The van der Waals surface area contributed by atoms with E-state index in [0.717, 1.165) is 12.8 Å². The van der Waals surface area contributed by atoms with Gasteiger partial charge in [0.1, 0.15) is 0 Å². The fraction of sp³-hybridized carbons (Fsp3) is 0.909. The Bertz CT molecular complexity index is 390. The van der Waals surface area contributed by atoms with E-state index in [9.17, 15) is 18.3 Å². The number of carbonyl (C=O) groups is 1. The van der Waals surface area contributed by atoms with Gasteiger partial charge in [0.25, 0.3) is 0 Å². The lowest BCUT2D eigenvalue weighted by Crippen LogP contribution is -2.53. The van der Waals surface area contributed by atoms with E-state index in [0.29, 0.717) is 12.8 Å². The molecule has 100 valence electrons. The molecule has 1 aliphatic carbocycles. The number of hydrogen-bond donors (Lipinski definition) is 2. The van der Waals surface area contributed by atoms with E-state index in [-0.39, 0.29) is 0 Å². The maximum absolute atomic E-state index is 11.8. The second kappa shape index (κ2) is 4.94. The minimum atomic E-state index is -3.42. The van der Waals surface area contributed by atoms with Gasteiger partial charge in [-0.1, -0.05) is 12.8 Å². The molecular formula is C11H21NO4S. The van der Waals surface area contributed by atoms with Crippen LogP contribution in [0.25, 0.3) is 0 Å². The predicted molar refractivity (Wildman–Crippen MR) is 65.2 cm³/mol. The fourth-order valence-corrected chi connectivity index (χ4v) is 3.16. The molecule has 1 aliphatic rings. The van der Waals surface area contributed by atoms with Crippen molar-refractivity contribution in [1.82, 2.24) is 4.72 Å². The Balaban J connectivity index is 2.91. The van der Waals surface area contributed by atoms with Gasteiger partial charge in [-0.15, -0.1) is 0 Å². The first kappa shape index (κ1) is 14.4. The van der Waals surface area contributed by atoms with Gasteiger partial charge in [0, 0.05) is 6.04 Å². The van der Waals surface area contributed by atoms with Crippen LogP contribution in [0.15, 0.2) is 0 Å². The number of sulfonamides is 1. The molecule has 2 N–H and O–H groups in total. The first-order valence-electron chi connectivity index (χ1n) is 5.94. The zero-order chi connectivity index (χ0) is 13.3. The highest BCUT2D eigenvalue weighted by Crippen LogP contribution is 2.36. The normalized spacial score (nSPS) is 30.5. The van der Waals surface area contributed by atoms with E-state index in [1.165, 1.54) is 0 Å². The maximum Gasteiger partial charge on any atom is 0.310 e. The number of carboxylic acid groups (broad SMARTS) is 1. The first-order valence-corrected chi connectivity index (χ1v) is 7.49. The Labute approximate surface area is 103 Å². The van der Waals surface area contributed by atoms with Crippen LogP contribution < -0.4 is 4.72 Å². The quantitative estimate of drug-likeness (QED) is 0.802. The molecule has 0 heterocycles. The predicted octanol–water partition coefficient (Wildman–Crippen LogP) is 1.35. The summed E-state index contributed by atoms with van der Waals surface area (Å²) in [4.78, 5) is 11.3. The summed E-state index contributed by atoms with van der Waals surface area (Å²) in [5.41, 5.74) is -0.986. The van der Waals surface area contributed by atoms with Gasteiger partial charge in [0.05, 0.1) is 10.7 Å². The summed E-state index contributed by atoms with van der Waals surface area (Å²) in [5.74, 6) is -0.923. The van der Waals surface area contributed by atoms with E-state index in [4.69, 9.17) is 0 Å². The van der Waals surface area contributed by atoms with Gasteiger partial charge in [-0.2, -0.15) is 0 Å². The van der Waals surface area contributed by atoms with E-state index in [2.05, 4.69) is 4.72 Å². The molecule has 1 rings (SSSR count). The minimum Gasteiger partial charge on any atom is -0.481 e. The van der Waals surface area contributed by atoms with Crippen molar-refractivity contribution in [2.45, 2.75) is 57.7 Å². The Morgan fingerprint density at radius 1 is 1.41 bits per heavy atom. The van der Waals surface area contributed by atoms with Crippen molar-refractivity contribution < 1.29 is 18.3 Å². The molecule has 0 amide bonds. The largest absolute Gasteiger partial charge is 0.481 e. The fourth-order valence-electron chi connectivity index (χ4n) is 2.11. The third-order valence-electron chi connectivity index (χ3n) is 3.62. The number of aliphatic carboxylic acids is 1. The molecular weight excluding hydrogens is 242 g/mol. The summed E-state index contributed by atoms with van der Waals surface area (Å²) in [6.07, 6.45) is 2.82. The van der Waals surface area contributed by atoms with Crippen molar-refractivity contribution in [2.75, 3.05) is 0 Å². The number of carboxylic acids is 1. The molecule has 17 heavy (non-hydrogen) atoms. The van der Waals surface area contributed by atoms with Gasteiger partial charge in [-0.25, -0.2) is 13.1 Å². The monoisotopic (exact) mass is 263 g/mol.